The molecule has 3 heterocycles. The molecule has 9 nitrogen and oxygen atoms in total. The molecule has 1 unspecified atom stereocenters. The van der Waals surface area contributed by atoms with E-state index in [0.717, 1.165) is 16.5 Å². The second-order valence-corrected chi connectivity index (χ2v) is 8.15. The average Bonchev–Trinajstić information content (AvgIpc) is 3.31. The molecule has 2 aromatic heterocycles. The minimum absolute atomic E-state index is 0.152. The first-order chi connectivity index (χ1) is 17.2. The Morgan fingerprint density at radius 1 is 1.00 bits per heavy atom. The number of aryl methyl sites for hydroxylation is 1. The maximum absolute atomic E-state index is 12.6. The van der Waals surface area contributed by atoms with Crippen molar-refractivity contribution in [2.24, 2.45) is 0 Å². The molecule has 6 rings (SSSR count). The van der Waals surface area contributed by atoms with Gasteiger partial charge in [-0.25, -0.2) is 0 Å². The molecule has 0 saturated heterocycles. The van der Waals surface area contributed by atoms with Crippen LogP contribution in [-0.4, -0.2) is 38.4 Å². The summed E-state index contributed by atoms with van der Waals surface area (Å²) < 4.78 is 19.0. The van der Waals surface area contributed by atoms with Crippen molar-refractivity contribution in [3.05, 3.63) is 84.3 Å². The number of nitrogens with one attached hydrogen (secondary N) is 1. The molecule has 1 amide bonds. The number of ether oxygens (including phenoxy) is 3. The monoisotopic (exact) mass is 467 g/mol. The van der Waals surface area contributed by atoms with E-state index in [1.165, 1.54) is 0 Å². The molecule has 5 aromatic rings. The number of amides is 1. The summed E-state index contributed by atoms with van der Waals surface area (Å²) in [6.07, 6.45) is -0.728. The summed E-state index contributed by atoms with van der Waals surface area (Å²) in [5, 5.41) is 18.1. The van der Waals surface area contributed by atoms with Crippen molar-refractivity contribution in [2.75, 3.05) is 11.9 Å². The highest BCUT2D eigenvalue weighted by Gasteiger charge is 2.27. The largest absolute Gasteiger partial charge is 0.486 e. The normalized spacial score (nSPS) is 14.7. The van der Waals surface area contributed by atoms with Gasteiger partial charge in [-0.15, -0.1) is 10.2 Å². The molecule has 35 heavy (non-hydrogen) atoms. The number of benzene rings is 3. The lowest BCUT2D eigenvalue weighted by Gasteiger charge is -2.25. The predicted molar refractivity (Wildman–Crippen MR) is 129 cm³/mol. The maximum atomic E-state index is 12.6. The van der Waals surface area contributed by atoms with E-state index in [1.54, 1.807) is 34.8 Å². The van der Waals surface area contributed by atoms with Crippen LogP contribution in [0.5, 0.6) is 17.2 Å². The van der Waals surface area contributed by atoms with Crippen LogP contribution < -0.4 is 19.5 Å². The van der Waals surface area contributed by atoms with Crippen molar-refractivity contribution in [1.82, 2.24) is 19.8 Å². The second kappa shape index (κ2) is 8.60. The number of aromatic nitrogens is 4. The zero-order valence-corrected chi connectivity index (χ0v) is 18.8. The first-order valence-corrected chi connectivity index (χ1v) is 11.2. The van der Waals surface area contributed by atoms with Gasteiger partial charge in [0.25, 0.3) is 5.91 Å². The van der Waals surface area contributed by atoms with E-state index in [9.17, 15) is 4.79 Å². The number of hydrogen-bond acceptors (Lipinski definition) is 7. The van der Waals surface area contributed by atoms with Crippen LogP contribution in [0, 0.1) is 6.92 Å². The Labute approximate surface area is 200 Å². The van der Waals surface area contributed by atoms with Gasteiger partial charge in [0.15, 0.2) is 23.0 Å². The fourth-order valence-electron chi connectivity index (χ4n) is 4.03. The van der Waals surface area contributed by atoms with Gasteiger partial charge in [-0.3, -0.25) is 4.79 Å². The number of rotatable bonds is 5. The van der Waals surface area contributed by atoms with Crippen LogP contribution in [0.4, 0.5) is 5.69 Å². The van der Waals surface area contributed by atoms with Crippen molar-refractivity contribution < 1.29 is 19.0 Å². The predicted octanol–water partition coefficient (Wildman–Crippen LogP) is 3.94. The molecule has 0 saturated carbocycles. The number of carbonyl (C=O) groups is 1. The maximum Gasteiger partial charge on any atom is 0.269 e. The number of fused-ring (bicyclic) bond motifs is 4. The summed E-state index contributed by atoms with van der Waals surface area (Å²) in [4.78, 5) is 12.6. The van der Waals surface area contributed by atoms with Crippen LogP contribution in [-0.2, 0) is 11.4 Å². The van der Waals surface area contributed by atoms with E-state index in [4.69, 9.17) is 14.2 Å². The number of hydrogen-bond donors (Lipinski definition) is 1. The summed E-state index contributed by atoms with van der Waals surface area (Å²) in [6, 6.07) is 22.4. The first-order valence-electron chi connectivity index (χ1n) is 11.2. The van der Waals surface area contributed by atoms with Gasteiger partial charge in [-0.05, 0) is 43.3 Å². The molecule has 1 aliphatic heterocycles. The number of para-hydroxylation sites is 2. The van der Waals surface area contributed by atoms with E-state index in [1.807, 2.05) is 49.4 Å². The van der Waals surface area contributed by atoms with Crippen LogP contribution in [0.3, 0.4) is 0 Å². The van der Waals surface area contributed by atoms with E-state index in [0.29, 0.717) is 34.4 Å². The smallest absolute Gasteiger partial charge is 0.269 e. The van der Waals surface area contributed by atoms with Crippen LogP contribution in [0.25, 0.3) is 16.4 Å². The number of anilines is 1. The van der Waals surface area contributed by atoms with Gasteiger partial charge in [0.2, 0.25) is 6.10 Å². The topological polar surface area (TPSA) is 99.9 Å². The Bertz CT molecular complexity index is 1550. The lowest BCUT2D eigenvalue weighted by Crippen LogP contribution is -2.40. The first kappa shape index (κ1) is 20.9. The number of carbonyl (C=O) groups excluding carboxylic acids is 1. The van der Waals surface area contributed by atoms with Gasteiger partial charge in [0.05, 0.1) is 5.69 Å². The lowest BCUT2D eigenvalue weighted by molar-refractivity contribution is -0.125. The highest BCUT2D eigenvalue weighted by molar-refractivity contribution is 5.95. The molecule has 174 valence electrons. The van der Waals surface area contributed by atoms with Crippen molar-refractivity contribution >= 4 is 28.0 Å². The fraction of sp³-hybridized carbons (Fsp3) is 0.154. The standard InChI is InChI=1S/C26H21N5O4/c1-16-19-6-2-3-7-20(19)25-29-28-24(31(25)30-16)15-33-18-12-10-17(11-13-18)27-26(32)23-14-34-21-8-4-5-9-22(21)35-23/h2-13,23H,14-15H2,1H3,(H,27,32). The summed E-state index contributed by atoms with van der Waals surface area (Å²) in [5.74, 6) is 2.14. The Kier molecular flexibility index (Phi) is 5.14. The molecule has 3 aromatic carbocycles. The van der Waals surface area contributed by atoms with E-state index < -0.39 is 6.10 Å². The SMILES string of the molecule is Cc1nn2c(COc3ccc(NC(=O)C4COc5ccccc5O4)cc3)nnc2c2ccccc12. The van der Waals surface area contributed by atoms with Gasteiger partial charge in [-0.2, -0.15) is 9.61 Å². The molecule has 1 atom stereocenters. The Hall–Kier alpha value is -4.66. The minimum atomic E-state index is -0.728. The molecule has 0 fully saturated rings. The molecule has 0 aliphatic carbocycles. The Balaban J connectivity index is 1.11. The second-order valence-electron chi connectivity index (χ2n) is 8.15. The Morgan fingerprint density at radius 3 is 2.57 bits per heavy atom. The van der Waals surface area contributed by atoms with E-state index >= 15 is 0 Å². The molecule has 0 bridgehead atoms. The lowest BCUT2D eigenvalue weighted by atomic mass is 10.1. The van der Waals surface area contributed by atoms with Crippen LogP contribution in [0.1, 0.15) is 11.5 Å². The fourth-order valence-corrected chi connectivity index (χ4v) is 4.03. The summed E-state index contributed by atoms with van der Waals surface area (Å²) in [5.41, 5.74) is 2.21. The van der Waals surface area contributed by atoms with Crippen LogP contribution in [0.15, 0.2) is 72.8 Å². The third kappa shape index (κ3) is 3.97. The molecular formula is C26H21N5O4. The van der Waals surface area contributed by atoms with Crippen LogP contribution in [0.2, 0.25) is 0 Å². The van der Waals surface area contributed by atoms with E-state index in [2.05, 4.69) is 20.6 Å². The minimum Gasteiger partial charge on any atom is -0.486 e. The van der Waals surface area contributed by atoms with Crippen LogP contribution >= 0.6 is 0 Å². The highest BCUT2D eigenvalue weighted by atomic mass is 16.6. The summed E-state index contributed by atoms with van der Waals surface area (Å²) in [7, 11) is 0. The quantitative estimate of drug-likeness (QED) is 0.418. The van der Waals surface area contributed by atoms with Gasteiger partial charge in [0.1, 0.15) is 19.0 Å². The van der Waals surface area contributed by atoms with Crippen molar-refractivity contribution in [1.29, 1.82) is 0 Å². The van der Waals surface area contributed by atoms with Gasteiger partial charge in [-0.1, -0.05) is 36.4 Å². The van der Waals surface area contributed by atoms with Gasteiger partial charge < -0.3 is 19.5 Å². The molecule has 1 N–H and O–H groups in total. The van der Waals surface area contributed by atoms with Gasteiger partial charge >= 0.3 is 0 Å². The zero-order valence-electron chi connectivity index (χ0n) is 18.8. The van der Waals surface area contributed by atoms with Crippen molar-refractivity contribution in [3.8, 4) is 17.2 Å². The summed E-state index contributed by atoms with van der Waals surface area (Å²) in [6.45, 7) is 2.31. The zero-order chi connectivity index (χ0) is 23.8. The third-order valence-corrected chi connectivity index (χ3v) is 5.80. The van der Waals surface area contributed by atoms with E-state index in [-0.39, 0.29) is 19.1 Å². The van der Waals surface area contributed by atoms with Crippen molar-refractivity contribution in [3.63, 3.8) is 0 Å². The molecule has 0 spiro atoms. The molecule has 0 radical (unpaired) electrons. The average molecular weight is 467 g/mol. The summed E-state index contributed by atoms with van der Waals surface area (Å²) >= 11 is 0. The molecular weight excluding hydrogens is 446 g/mol. The molecule has 1 aliphatic rings. The highest BCUT2D eigenvalue weighted by Crippen LogP contribution is 2.31. The number of nitrogens with zero attached hydrogens (tertiary/aromatic N) is 4. The third-order valence-electron chi connectivity index (χ3n) is 5.80. The Morgan fingerprint density at radius 2 is 1.74 bits per heavy atom. The van der Waals surface area contributed by atoms with Gasteiger partial charge in [0, 0.05) is 16.5 Å². The van der Waals surface area contributed by atoms with Crippen molar-refractivity contribution in [2.45, 2.75) is 19.6 Å². The molecule has 9 heteroatoms.